The van der Waals surface area contributed by atoms with Crippen LogP contribution in [0.15, 0.2) is 95.9 Å². The minimum absolute atomic E-state index is 0.0162. The third-order valence-corrected chi connectivity index (χ3v) is 10.2. The van der Waals surface area contributed by atoms with Crippen LogP contribution in [0.1, 0.15) is 35.6 Å². The summed E-state index contributed by atoms with van der Waals surface area (Å²) in [6.07, 6.45) is 0.862. The molecule has 7 nitrogen and oxygen atoms in total. The Kier molecular flexibility index (Phi) is 12.1. The second kappa shape index (κ2) is 15.8. The Morgan fingerprint density at radius 1 is 0.848 bits per heavy atom. The van der Waals surface area contributed by atoms with Crippen molar-refractivity contribution < 1.29 is 18.0 Å². The van der Waals surface area contributed by atoms with Gasteiger partial charge < -0.3 is 10.2 Å². The van der Waals surface area contributed by atoms with E-state index < -0.39 is 28.5 Å². The number of aryl methyl sites for hydroxylation is 2. The molecule has 0 radical (unpaired) electrons. The number of carbonyl (C=O) groups is 2. The van der Waals surface area contributed by atoms with Gasteiger partial charge in [0.25, 0.3) is 10.0 Å². The number of halogens is 3. The summed E-state index contributed by atoms with van der Waals surface area (Å²) in [5, 5.41) is 3.97. The van der Waals surface area contributed by atoms with E-state index in [1.807, 2.05) is 44.2 Å². The largest absolute Gasteiger partial charge is 0.354 e. The highest BCUT2D eigenvalue weighted by Gasteiger charge is 2.35. The fraction of sp³-hybridized carbons (Fsp3) is 0.257. The van der Waals surface area contributed by atoms with Gasteiger partial charge in [0.05, 0.1) is 10.6 Å². The minimum Gasteiger partial charge on any atom is -0.354 e. The van der Waals surface area contributed by atoms with Gasteiger partial charge >= 0.3 is 0 Å². The van der Waals surface area contributed by atoms with Crippen molar-refractivity contribution in [3.05, 3.63) is 128 Å². The molecule has 0 aliphatic rings. The Morgan fingerprint density at radius 3 is 2.11 bits per heavy atom. The Morgan fingerprint density at radius 2 is 1.50 bits per heavy atom. The molecule has 0 spiro atoms. The monoisotopic (exact) mass is 699 g/mol. The smallest absolute Gasteiger partial charge is 0.264 e. The van der Waals surface area contributed by atoms with Gasteiger partial charge in [0.1, 0.15) is 12.6 Å². The molecule has 1 unspecified atom stereocenters. The number of nitrogens with one attached hydrogen (secondary N) is 1. The average Bonchev–Trinajstić information content (AvgIpc) is 3.02. The van der Waals surface area contributed by atoms with Crippen molar-refractivity contribution in [3.63, 3.8) is 0 Å². The van der Waals surface area contributed by atoms with Gasteiger partial charge in [-0.25, -0.2) is 8.42 Å². The summed E-state index contributed by atoms with van der Waals surface area (Å²) in [5.74, 6) is -0.994. The summed E-state index contributed by atoms with van der Waals surface area (Å²) in [6, 6.07) is 24.5. The van der Waals surface area contributed by atoms with E-state index in [0.717, 1.165) is 15.4 Å². The van der Waals surface area contributed by atoms with E-state index in [9.17, 15) is 18.0 Å². The Balaban J connectivity index is 1.85. The number of sulfonamides is 1. The molecule has 4 aromatic carbocycles. The lowest BCUT2D eigenvalue weighted by molar-refractivity contribution is -0.140. The van der Waals surface area contributed by atoms with Crippen LogP contribution in [0.2, 0.25) is 15.1 Å². The third-order valence-electron chi connectivity index (χ3n) is 7.53. The average molecular weight is 701 g/mol. The fourth-order valence-corrected chi connectivity index (χ4v) is 7.25. The highest BCUT2D eigenvalue weighted by Crippen LogP contribution is 2.31. The fourth-order valence-electron chi connectivity index (χ4n) is 5.02. The van der Waals surface area contributed by atoms with Crippen LogP contribution in [0.4, 0.5) is 5.69 Å². The maximum atomic E-state index is 14.6. The van der Waals surface area contributed by atoms with Gasteiger partial charge in [0, 0.05) is 40.1 Å². The zero-order chi connectivity index (χ0) is 33.4. The molecule has 0 bridgehead atoms. The van der Waals surface area contributed by atoms with Crippen LogP contribution < -0.4 is 9.62 Å². The molecule has 0 saturated carbocycles. The molecule has 0 saturated heterocycles. The Hall–Kier alpha value is -3.56. The van der Waals surface area contributed by atoms with Gasteiger partial charge in [0.15, 0.2) is 0 Å². The molecule has 4 rings (SSSR count). The molecule has 0 fully saturated rings. The number of benzene rings is 4. The highest BCUT2D eigenvalue weighted by atomic mass is 35.5. The Bertz CT molecular complexity index is 1760. The molecular formula is C35H36Cl3N3O4S. The number of hydrogen-bond donors (Lipinski definition) is 1. The highest BCUT2D eigenvalue weighted by molar-refractivity contribution is 7.92. The number of rotatable bonds is 13. The number of hydrogen-bond acceptors (Lipinski definition) is 4. The summed E-state index contributed by atoms with van der Waals surface area (Å²) in [7, 11) is -4.25. The normalized spacial score (nSPS) is 12.0. The Labute approximate surface area is 286 Å². The second-order valence-corrected chi connectivity index (χ2v) is 14.1. The lowest BCUT2D eigenvalue weighted by atomic mass is 10.0. The van der Waals surface area contributed by atoms with Gasteiger partial charge in [-0.1, -0.05) is 95.8 Å². The third kappa shape index (κ3) is 8.62. The maximum absolute atomic E-state index is 14.6. The molecule has 0 heterocycles. The first-order valence-corrected chi connectivity index (χ1v) is 17.4. The van der Waals surface area contributed by atoms with Gasteiger partial charge in [0.2, 0.25) is 11.8 Å². The van der Waals surface area contributed by atoms with Gasteiger partial charge in [-0.2, -0.15) is 0 Å². The van der Waals surface area contributed by atoms with E-state index in [2.05, 4.69) is 5.32 Å². The van der Waals surface area contributed by atoms with Crippen LogP contribution in [0.3, 0.4) is 0 Å². The molecule has 1 N–H and O–H groups in total. The topological polar surface area (TPSA) is 86.8 Å². The van der Waals surface area contributed by atoms with Crippen molar-refractivity contribution in [1.29, 1.82) is 0 Å². The summed E-state index contributed by atoms with van der Waals surface area (Å²) in [5.41, 5.74) is 2.98. The van der Waals surface area contributed by atoms with Gasteiger partial charge in [-0.15, -0.1) is 0 Å². The van der Waals surface area contributed by atoms with Crippen molar-refractivity contribution >= 4 is 62.3 Å². The predicted molar refractivity (Wildman–Crippen MR) is 186 cm³/mol. The van der Waals surface area contributed by atoms with Crippen molar-refractivity contribution in [2.75, 3.05) is 17.4 Å². The van der Waals surface area contributed by atoms with Crippen LogP contribution in [0.25, 0.3) is 0 Å². The molecule has 4 aromatic rings. The molecule has 0 aromatic heterocycles. The van der Waals surface area contributed by atoms with Crippen LogP contribution in [0, 0.1) is 13.8 Å². The molecule has 242 valence electrons. The van der Waals surface area contributed by atoms with Gasteiger partial charge in [-0.3, -0.25) is 13.9 Å². The molecule has 0 aliphatic carbocycles. The van der Waals surface area contributed by atoms with Crippen molar-refractivity contribution in [2.45, 2.75) is 51.1 Å². The summed E-state index contributed by atoms with van der Waals surface area (Å²) in [6.45, 7) is 5.17. The van der Waals surface area contributed by atoms with Crippen molar-refractivity contribution in [3.8, 4) is 0 Å². The summed E-state index contributed by atoms with van der Waals surface area (Å²) in [4.78, 5) is 29.8. The molecule has 46 heavy (non-hydrogen) atoms. The molecular weight excluding hydrogens is 665 g/mol. The number of carbonyl (C=O) groups excluding carboxylic acids is 2. The van der Waals surface area contributed by atoms with E-state index >= 15 is 0 Å². The van der Waals surface area contributed by atoms with Crippen LogP contribution in [-0.4, -0.2) is 44.3 Å². The van der Waals surface area contributed by atoms with Crippen molar-refractivity contribution in [2.24, 2.45) is 0 Å². The zero-order valence-electron chi connectivity index (χ0n) is 25.8. The molecule has 2 amide bonds. The number of amides is 2. The summed E-state index contributed by atoms with van der Waals surface area (Å²) >= 11 is 19.4. The lowest BCUT2D eigenvalue weighted by Gasteiger charge is -2.34. The van der Waals surface area contributed by atoms with E-state index in [1.165, 1.54) is 17.0 Å². The second-order valence-electron chi connectivity index (χ2n) is 11.0. The van der Waals surface area contributed by atoms with Gasteiger partial charge in [-0.05, 0) is 73.9 Å². The molecule has 1 atom stereocenters. The molecule has 11 heteroatoms. The van der Waals surface area contributed by atoms with E-state index in [1.54, 1.807) is 55.5 Å². The first-order valence-electron chi connectivity index (χ1n) is 14.8. The van der Waals surface area contributed by atoms with E-state index in [4.69, 9.17) is 34.8 Å². The quantitative estimate of drug-likeness (QED) is 0.156. The van der Waals surface area contributed by atoms with E-state index in [0.29, 0.717) is 39.2 Å². The SMILES string of the molecule is CCCNC(=O)C(Cc1ccccc1)N(Cc1c(Cl)cccc1Cl)C(=O)CN(c1ccc(Cl)cc1C)S(=O)(=O)c1ccc(C)cc1. The zero-order valence-corrected chi connectivity index (χ0v) is 28.9. The number of nitrogens with zero attached hydrogens (tertiary/aromatic N) is 2. The summed E-state index contributed by atoms with van der Waals surface area (Å²) < 4.78 is 29.6. The van der Waals surface area contributed by atoms with Crippen molar-refractivity contribution in [1.82, 2.24) is 10.2 Å². The van der Waals surface area contributed by atoms with E-state index in [-0.39, 0.29) is 29.5 Å². The maximum Gasteiger partial charge on any atom is 0.264 e. The predicted octanol–water partition coefficient (Wildman–Crippen LogP) is 7.63. The first-order chi connectivity index (χ1) is 21.9. The van der Waals surface area contributed by atoms with Crippen LogP contribution >= 0.6 is 34.8 Å². The standard InChI is InChI=1S/C35H36Cl3N3O4S/c1-4-19-39-35(43)33(21-26-9-6-5-7-10-26)40(22-29-30(37)11-8-12-31(29)38)34(42)23-41(32-18-15-27(36)20-25(32)3)46(44,45)28-16-13-24(2)14-17-28/h5-18,20,33H,4,19,21-23H2,1-3H3,(H,39,43). The minimum atomic E-state index is -4.25. The number of anilines is 1. The lowest BCUT2D eigenvalue weighted by Crippen LogP contribution is -2.53. The molecule has 0 aliphatic heterocycles. The first kappa shape index (κ1) is 35.3. The van der Waals surface area contributed by atoms with Crippen LogP contribution in [0.5, 0.6) is 0 Å². The van der Waals surface area contributed by atoms with Crippen LogP contribution in [-0.2, 0) is 32.6 Å².